The van der Waals surface area contributed by atoms with Gasteiger partial charge in [0.25, 0.3) is 0 Å². The third-order valence-corrected chi connectivity index (χ3v) is 1.68. The first-order valence-electron chi connectivity index (χ1n) is 4.01. The Bertz CT molecular complexity index is 257. The lowest BCUT2D eigenvalue weighted by Gasteiger charge is -2.03. The zero-order chi connectivity index (χ0) is 8.81. The van der Waals surface area contributed by atoms with E-state index < -0.39 is 0 Å². The smallest absolute Gasteiger partial charge is 0.0274 e. The van der Waals surface area contributed by atoms with E-state index in [-0.39, 0.29) is 0 Å². The number of nitrogens with one attached hydrogen (secondary N) is 2. The average Bonchev–Trinajstić information content (AvgIpc) is 2.56. The van der Waals surface area contributed by atoms with Crippen LogP contribution in [-0.2, 0) is 6.42 Å². The highest BCUT2D eigenvalue weighted by atomic mass is 14.8. The standard InChI is InChI=1S/C10H14N2/c1-3-9(11-4-2)8-10-6-5-7-12-10/h3-7,11-12H,2,8H2,1H3/b9-3-. The van der Waals surface area contributed by atoms with Crippen molar-refractivity contribution >= 4 is 0 Å². The van der Waals surface area contributed by atoms with Gasteiger partial charge in [0.15, 0.2) is 0 Å². The molecule has 1 heterocycles. The van der Waals surface area contributed by atoms with Gasteiger partial charge in [0.2, 0.25) is 0 Å². The molecule has 12 heavy (non-hydrogen) atoms. The van der Waals surface area contributed by atoms with Crippen molar-refractivity contribution in [3.05, 3.63) is 48.6 Å². The van der Waals surface area contributed by atoms with Crippen molar-refractivity contribution in [1.29, 1.82) is 0 Å². The van der Waals surface area contributed by atoms with Crippen molar-refractivity contribution in [2.45, 2.75) is 13.3 Å². The molecule has 0 bridgehead atoms. The molecular formula is C10H14N2. The van der Waals surface area contributed by atoms with E-state index >= 15 is 0 Å². The van der Waals surface area contributed by atoms with Crippen molar-refractivity contribution in [3.8, 4) is 0 Å². The molecule has 1 aromatic heterocycles. The monoisotopic (exact) mass is 162 g/mol. The zero-order valence-corrected chi connectivity index (χ0v) is 7.30. The van der Waals surface area contributed by atoms with E-state index in [9.17, 15) is 0 Å². The fraction of sp³-hybridized carbons (Fsp3) is 0.200. The Morgan fingerprint density at radius 2 is 2.58 bits per heavy atom. The Kier molecular flexibility index (Phi) is 3.20. The van der Waals surface area contributed by atoms with E-state index in [0.717, 1.165) is 12.1 Å². The average molecular weight is 162 g/mol. The summed E-state index contributed by atoms with van der Waals surface area (Å²) in [6, 6.07) is 4.06. The highest BCUT2D eigenvalue weighted by Crippen LogP contribution is 2.02. The molecule has 0 aliphatic rings. The lowest BCUT2D eigenvalue weighted by atomic mass is 10.2. The first kappa shape index (κ1) is 8.65. The molecule has 1 rings (SSSR count). The highest BCUT2D eigenvalue weighted by Gasteiger charge is 1.95. The van der Waals surface area contributed by atoms with Gasteiger partial charge in [-0.15, -0.1) is 0 Å². The molecule has 2 N–H and O–H groups in total. The minimum atomic E-state index is 0.898. The largest absolute Gasteiger partial charge is 0.366 e. The first-order valence-corrected chi connectivity index (χ1v) is 4.01. The van der Waals surface area contributed by atoms with E-state index in [4.69, 9.17) is 0 Å². The number of aromatic nitrogens is 1. The summed E-state index contributed by atoms with van der Waals surface area (Å²) in [5.74, 6) is 0. The van der Waals surface area contributed by atoms with Gasteiger partial charge in [-0.2, -0.15) is 0 Å². The third-order valence-electron chi connectivity index (χ3n) is 1.68. The number of aromatic amines is 1. The number of H-pyrrole nitrogens is 1. The molecule has 0 radical (unpaired) electrons. The van der Waals surface area contributed by atoms with Gasteiger partial charge in [0.05, 0.1) is 0 Å². The van der Waals surface area contributed by atoms with Crippen LogP contribution in [-0.4, -0.2) is 4.98 Å². The fourth-order valence-electron chi connectivity index (χ4n) is 1.05. The number of hydrogen-bond donors (Lipinski definition) is 2. The molecule has 2 heteroatoms. The summed E-state index contributed by atoms with van der Waals surface area (Å²) < 4.78 is 0. The Morgan fingerprint density at radius 1 is 1.75 bits per heavy atom. The van der Waals surface area contributed by atoms with Crippen LogP contribution in [0.25, 0.3) is 0 Å². The van der Waals surface area contributed by atoms with E-state index in [2.05, 4.69) is 22.9 Å². The first-order chi connectivity index (χ1) is 5.86. The lowest BCUT2D eigenvalue weighted by Crippen LogP contribution is -2.06. The maximum absolute atomic E-state index is 3.62. The molecule has 0 saturated carbocycles. The maximum Gasteiger partial charge on any atom is 0.0274 e. The van der Waals surface area contributed by atoms with Gasteiger partial charge >= 0.3 is 0 Å². The molecule has 0 spiro atoms. The lowest BCUT2D eigenvalue weighted by molar-refractivity contribution is 0.943. The molecule has 0 atom stereocenters. The zero-order valence-electron chi connectivity index (χ0n) is 7.30. The summed E-state index contributed by atoms with van der Waals surface area (Å²) in [4.78, 5) is 3.15. The van der Waals surface area contributed by atoms with Gasteiger partial charge < -0.3 is 10.3 Å². The number of allylic oxidation sites excluding steroid dienone is 2. The molecule has 0 aliphatic carbocycles. The topological polar surface area (TPSA) is 27.8 Å². The van der Waals surface area contributed by atoms with E-state index in [1.165, 1.54) is 5.69 Å². The highest BCUT2D eigenvalue weighted by molar-refractivity contribution is 5.14. The van der Waals surface area contributed by atoms with Crippen LogP contribution in [0.4, 0.5) is 0 Å². The van der Waals surface area contributed by atoms with Crippen LogP contribution in [0.3, 0.4) is 0 Å². The Labute approximate surface area is 73.0 Å². The van der Waals surface area contributed by atoms with Crippen molar-refractivity contribution in [1.82, 2.24) is 10.3 Å². The van der Waals surface area contributed by atoms with Crippen molar-refractivity contribution in [2.24, 2.45) is 0 Å². The summed E-state index contributed by atoms with van der Waals surface area (Å²) in [5, 5.41) is 3.08. The van der Waals surface area contributed by atoms with Gasteiger partial charge in [-0.3, -0.25) is 0 Å². The van der Waals surface area contributed by atoms with Crippen LogP contribution in [0, 0.1) is 0 Å². The second-order valence-corrected chi connectivity index (χ2v) is 2.53. The van der Waals surface area contributed by atoms with Gasteiger partial charge in [0, 0.05) is 24.0 Å². The molecule has 0 saturated heterocycles. The van der Waals surface area contributed by atoms with Crippen LogP contribution >= 0.6 is 0 Å². The quantitative estimate of drug-likeness (QED) is 0.698. The summed E-state index contributed by atoms with van der Waals surface area (Å²) in [5.41, 5.74) is 2.37. The van der Waals surface area contributed by atoms with Crippen LogP contribution in [0.5, 0.6) is 0 Å². The molecule has 0 unspecified atom stereocenters. The Morgan fingerprint density at radius 3 is 3.08 bits per heavy atom. The predicted octanol–water partition coefficient (Wildman–Crippen LogP) is 2.19. The van der Waals surface area contributed by atoms with Crippen molar-refractivity contribution in [3.63, 3.8) is 0 Å². The SMILES string of the molecule is C=CN/C(=C\C)Cc1ccc[nH]1. The molecule has 0 amide bonds. The van der Waals surface area contributed by atoms with Crippen LogP contribution < -0.4 is 5.32 Å². The summed E-state index contributed by atoms with van der Waals surface area (Å²) in [6.07, 6.45) is 6.56. The van der Waals surface area contributed by atoms with Gasteiger partial charge in [0.1, 0.15) is 0 Å². The number of hydrogen-bond acceptors (Lipinski definition) is 1. The summed E-state index contributed by atoms with van der Waals surface area (Å²) in [7, 11) is 0. The minimum Gasteiger partial charge on any atom is -0.366 e. The molecule has 0 aromatic carbocycles. The third kappa shape index (κ3) is 2.31. The molecule has 0 aliphatic heterocycles. The van der Waals surface area contributed by atoms with Gasteiger partial charge in [-0.25, -0.2) is 0 Å². The minimum absolute atomic E-state index is 0.898. The van der Waals surface area contributed by atoms with Gasteiger partial charge in [-0.1, -0.05) is 12.7 Å². The van der Waals surface area contributed by atoms with Crippen LogP contribution in [0.15, 0.2) is 42.9 Å². The van der Waals surface area contributed by atoms with Crippen LogP contribution in [0.1, 0.15) is 12.6 Å². The second kappa shape index (κ2) is 4.44. The molecule has 64 valence electrons. The Balaban J connectivity index is 2.55. The summed E-state index contributed by atoms with van der Waals surface area (Å²) >= 11 is 0. The van der Waals surface area contributed by atoms with Gasteiger partial charge in [-0.05, 0) is 25.3 Å². The molecule has 2 nitrogen and oxygen atoms in total. The number of rotatable bonds is 4. The summed E-state index contributed by atoms with van der Waals surface area (Å²) in [6.45, 7) is 5.62. The maximum atomic E-state index is 3.62. The molecule has 0 fully saturated rings. The normalized spacial score (nSPS) is 11.2. The van der Waals surface area contributed by atoms with Crippen molar-refractivity contribution < 1.29 is 0 Å². The predicted molar refractivity (Wildman–Crippen MR) is 51.6 cm³/mol. The van der Waals surface area contributed by atoms with Crippen molar-refractivity contribution in [2.75, 3.05) is 0 Å². The van der Waals surface area contributed by atoms with E-state index in [1.807, 2.05) is 25.3 Å². The van der Waals surface area contributed by atoms with E-state index in [1.54, 1.807) is 6.20 Å². The fourth-order valence-corrected chi connectivity index (χ4v) is 1.05. The van der Waals surface area contributed by atoms with E-state index in [0.29, 0.717) is 0 Å². The van der Waals surface area contributed by atoms with Crippen LogP contribution in [0.2, 0.25) is 0 Å². The molecule has 1 aromatic rings. The second-order valence-electron chi connectivity index (χ2n) is 2.53. The Hall–Kier alpha value is -1.44. The molecular weight excluding hydrogens is 148 g/mol.